The summed E-state index contributed by atoms with van der Waals surface area (Å²) in [5.74, 6) is 0. The average Bonchev–Trinajstić information content (AvgIpc) is 3.18. The lowest BCUT2D eigenvalue weighted by Crippen LogP contribution is -2.55. The molecule has 1 atom stereocenters. The van der Waals surface area contributed by atoms with Crippen LogP contribution in [0.2, 0.25) is 0 Å². The van der Waals surface area contributed by atoms with Gasteiger partial charge >= 0.3 is 6.18 Å². The third-order valence-electron chi connectivity index (χ3n) is 4.31. The summed E-state index contributed by atoms with van der Waals surface area (Å²) in [4.78, 5) is 4.06. The predicted molar refractivity (Wildman–Crippen MR) is 95.4 cm³/mol. The second-order valence-electron chi connectivity index (χ2n) is 6.18. The number of hydrogen-bond donors (Lipinski definition) is 1. The number of thiazole rings is 1. The van der Waals surface area contributed by atoms with Gasteiger partial charge in [0.25, 0.3) is 5.72 Å². The Bertz CT molecular complexity index is 1010. The molecular weight excluding hydrogens is 363 g/mol. The zero-order valence-corrected chi connectivity index (χ0v) is 14.5. The number of halogens is 3. The van der Waals surface area contributed by atoms with Crippen molar-refractivity contribution in [3.8, 4) is 0 Å². The van der Waals surface area contributed by atoms with E-state index in [0.29, 0.717) is 16.3 Å². The number of hydrazone groups is 1. The molecular formula is C18H14F3N3OS. The van der Waals surface area contributed by atoms with Crippen molar-refractivity contribution in [3.05, 3.63) is 59.1 Å². The molecule has 1 unspecified atom stereocenters. The van der Waals surface area contributed by atoms with Gasteiger partial charge in [0.15, 0.2) is 0 Å². The Hall–Kier alpha value is -2.45. The molecule has 4 nitrogen and oxygen atoms in total. The first-order chi connectivity index (χ1) is 12.3. The molecule has 0 saturated carbocycles. The first kappa shape index (κ1) is 17.0. The second kappa shape index (κ2) is 5.78. The van der Waals surface area contributed by atoms with Gasteiger partial charge in [-0.25, -0.2) is 4.98 Å². The van der Waals surface area contributed by atoms with Crippen LogP contribution in [0.5, 0.6) is 0 Å². The molecule has 2 heterocycles. The Labute approximate surface area is 151 Å². The van der Waals surface area contributed by atoms with Crippen LogP contribution < -0.4 is 5.01 Å². The Morgan fingerprint density at radius 2 is 1.88 bits per heavy atom. The number of anilines is 1. The summed E-state index contributed by atoms with van der Waals surface area (Å²) < 4.78 is 40.9. The summed E-state index contributed by atoms with van der Waals surface area (Å²) in [6.45, 7) is 1.68. The maximum Gasteiger partial charge on any atom is 0.438 e. The average molecular weight is 377 g/mol. The van der Waals surface area contributed by atoms with Crippen LogP contribution in [-0.2, 0) is 0 Å². The van der Waals surface area contributed by atoms with Crippen molar-refractivity contribution in [2.24, 2.45) is 5.10 Å². The number of fused-ring (bicyclic) bond motifs is 1. The van der Waals surface area contributed by atoms with Crippen molar-refractivity contribution in [3.63, 3.8) is 0 Å². The molecule has 8 heteroatoms. The van der Waals surface area contributed by atoms with Gasteiger partial charge in [0, 0.05) is 5.38 Å². The molecule has 0 bridgehead atoms. The molecule has 0 spiro atoms. The number of alkyl halides is 3. The third kappa shape index (κ3) is 2.65. The van der Waals surface area contributed by atoms with E-state index in [0.717, 1.165) is 22.1 Å². The SMILES string of the molecule is Cc1csc(N2N=C(c3ccc4ccccc4c3)CC2(O)C(F)(F)F)n1. The molecule has 0 radical (unpaired) electrons. The maximum atomic E-state index is 13.6. The molecule has 0 aliphatic carbocycles. The maximum absolute atomic E-state index is 13.6. The van der Waals surface area contributed by atoms with E-state index in [-0.39, 0.29) is 10.8 Å². The zero-order valence-electron chi connectivity index (χ0n) is 13.7. The highest BCUT2D eigenvalue weighted by Gasteiger charge is 2.62. The number of aliphatic hydroxyl groups is 1. The van der Waals surface area contributed by atoms with Crippen molar-refractivity contribution in [1.29, 1.82) is 0 Å². The highest BCUT2D eigenvalue weighted by atomic mass is 32.1. The summed E-state index contributed by atoms with van der Waals surface area (Å²) in [6, 6.07) is 12.9. The van der Waals surface area contributed by atoms with E-state index in [4.69, 9.17) is 0 Å². The summed E-state index contributed by atoms with van der Waals surface area (Å²) in [7, 11) is 0. The molecule has 3 aromatic rings. The number of nitrogens with zero attached hydrogens (tertiary/aromatic N) is 3. The molecule has 0 fully saturated rings. The van der Waals surface area contributed by atoms with Crippen molar-refractivity contribution < 1.29 is 18.3 Å². The van der Waals surface area contributed by atoms with Gasteiger partial charge in [0.1, 0.15) is 0 Å². The first-order valence-corrected chi connectivity index (χ1v) is 8.74. The summed E-state index contributed by atoms with van der Waals surface area (Å²) >= 11 is 1.01. The minimum absolute atomic E-state index is 0.0121. The number of aryl methyl sites for hydroxylation is 1. The van der Waals surface area contributed by atoms with Crippen molar-refractivity contribution in [2.45, 2.75) is 25.2 Å². The zero-order chi connectivity index (χ0) is 18.5. The van der Waals surface area contributed by atoms with Gasteiger partial charge in [0.05, 0.1) is 17.8 Å². The highest BCUT2D eigenvalue weighted by molar-refractivity contribution is 7.13. The lowest BCUT2D eigenvalue weighted by atomic mass is 9.98. The Kier molecular flexibility index (Phi) is 3.78. The second-order valence-corrected chi connectivity index (χ2v) is 7.02. The van der Waals surface area contributed by atoms with E-state index in [2.05, 4.69) is 10.1 Å². The topological polar surface area (TPSA) is 48.7 Å². The quantitative estimate of drug-likeness (QED) is 0.717. The molecule has 0 saturated heterocycles. The number of benzene rings is 2. The van der Waals surface area contributed by atoms with Gasteiger partial charge in [-0.15, -0.1) is 11.3 Å². The van der Waals surface area contributed by atoms with E-state index < -0.39 is 18.3 Å². The minimum atomic E-state index is -4.88. The fraction of sp³-hybridized carbons (Fsp3) is 0.222. The largest absolute Gasteiger partial charge is 0.438 e. The Balaban J connectivity index is 1.81. The fourth-order valence-corrected chi connectivity index (χ4v) is 3.75. The minimum Gasteiger partial charge on any atom is -0.362 e. The van der Waals surface area contributed by atoms with Gasteiger partial charge in [-0.3, -0.25) is 0 Å². The van der Waals surface area contributed by atoms with Crippen LogP contribution in [0.25, 0.3) is 10.8 Å². The van der Waals surface area contributed by atoms with Gasteiger partial charge in [-0.05, 0) is 29.3 Å². The van der Waals surface area contributed by atoms with E-state index in [1.165, 1.54) is 0 Å². The van der Waals surface area contributed by atoms with Gasteiger partial charge in [-0.1, -0.05) is 36.4 Å². The lowest BCUT2D eigenvalue weighted by Gasteiger charge is -2.32. The summed E-state index contributed by atoms with van der Waals surface area (Å²) in [5.41, 5.74) is -1.83. The Morgan fingerprint density at radius 1 is 1.15 bits per heavy atom. The standard InChI is InChI=1S/C18H14F3N3OS/c1-11-10-26-16(22-11)24-17(25,18(19,20)21)9-15(23-24)14-7-6-12-4-2-3-5-13(12)8-14/h2-8,10,25H,9H2,1H3. The van der Waals surface area contributed by atoms with Crippen molar-refractivity contribution in [1.82, 2.24) is 4.98 Å². The molecule has 4 rings (SSSR count). The third-order valence-corrected chi connectivity index (χ3v) is 5.24. The van der Waals surface area contributed by atoms with Crippen LogP contribution in [0.15, 0.2) is 52.9 Å². The molecule has 1 N–H and O–H groups in total. The molecule has 1 aliphatic rings. The molecule has 134 valence electrons. The van der Waals surface area contributed by atoms with Gasteiger partial charge < -0.3 is 5.11 Å². The predicted octanol–water partition coefficient (Wildman–Crippen LogP) is 4.47. The number of aromatic nitrogens is 1. The summed E-state index contributed by atoms with van der Waals surface area (Å²) in [5, 5.41) is 18.6. The molecule has 2 aromatic carbocycles. The fourth-order valence-electron chi connectivity index (χ4n) is 2.94. The van der Waals surface area contributed by atoms with E-state index >= 15 is 0 Å². The van der Waals surface area contributed by atoms with Crippen LogP contribution in [0.3, 0.4) is 0 Å². The van der Waals surface area contributed by atoms with Gasteiger partial charge in [-0.2, -0.15) is 23.3 Å². The lowest BCUT2D eigenvalue weighted by molar-refractivity contribution is -0.254. The van der Waals surface area contributed by atoms with Crippen molar-refractivity contribution >= 4 is 33.0 Å². The van der Waals surface area contributed by atoms with Crippen LogP contribution in [0, 0.1) is 6.92 Å². The molecule has 26 heavy (non-hydrogen) atoms. The first-order valence-electron chi connectivity index (χ1n) is 7.86. The van der Waals surface area contributed by atoms with E-state index in [1.807, 2.05) is 30.3 Å². The van der Waals surface area contributed by atoms with E-state index in [9.17, 15) is 18.3 Å². The smallest absolute Gasteiger partial charge is 0.362 e. The molecule has 1 aromatic heterocycles. The Morgan fingerprint density at radius 3 is 2.54 bits per heavy atom. The van der Waals surface area contributed by atoms with Gasteiger partial charge in [0.2, 0.25) is 5.13 Å². The van der Waals surface area contributed by atoms with Crippen LogP contribution in [0.1, 0.15) is 17.7 Å². The highest BCUT2D eigenvalue weighted by Crippen LogP contribution is 2.44. The van der Waals surface area contributed by atoms with E-state index in [1.54, 1.807) is 24.4 Å². The van der Waals surface area contributed by atoms with Crippen molar-refractivity contribution in [2.75, 3.05) is 5.01 Å². The van der Waals surface area contributed by atoms with Crippen LogP contribution >= 0.6 is 11.3 Å². The monoisotopic (exact) mass is 377 g/mol. The summed E-state index contributed by atoms with van der Waals surface area (Å²) in [6.07, 6.45) is -5.54. The molecule has 0 amide bonds. The molecule has 1 aliphatic heterocycles. The normalized spacial score (nSPS) is 20.7. The van der Waals surface area contributed by atoms with Crippen LogP contribution in [-0.4, -0.2) is 27.7 Å². The number of hydrogen-bond acceptors (Lipinski definition) is 5. The number of rotatable bonds is 2. The van der Waals surface area contributed by atoms with Crippen LogP contribution in [0.4, 0.5) is 18.3 Å².